The molecule has 2 heteroatoms. The Morgan fingerprint density at radius 1 is 0.952 bits per heavy atom. The van der Waals surface area contributed by atoms with Gasteiger partial charge < -0.3 is 5.11 Å². The van der Waals surface area contributed by atoms with Crippen molar-refractivity contribution in [3.8, 4) is 0 Å². The molecule has 1 aromatic rings. The van der Waals surface area contributed by atoms with Crippen molar-refractivity contribution in [2.45, 2.75) is 65.2 Å². The lowest BCUT2D eigenvalue weighted by Crippen LogP contribution is -2.01. The predicted octanol–water partition coefficient (Wildman–Crippen LogP) is 5.69. The van der Waals surface area contributed by atoms with Crippen LogP contribution in [0.1, 0.15) is 70.8 Å². The summed E-state index contributed by atoms with van der Waals surface area (Å²) in [7, 11) is 0. The molecule has 0 fully saturated rings. The first kappa shape index (κ1) is 17.5. The lowest BCUT2D eigenvalue weighted by Gasteiger charge is -2.10. The van der Waals surface area contributed by atoms with Crippen molar-refractivity contribution < 1.29 is 9.90 Å². The van der Waals surface area contributed by atoms with E-state index in [1.807, 2.05) is 30.3 Å². The molecule has 0 unspecified atom stereocenters. The second-order valence-electron chi connectivity index (χ2n) is 5.65. The van der Waals surface area contributed by atoms with Crippen LogP contribution in [0.4, 0.5) is 0 Å². The van der Waals surface area contributed by atoms with Gasteiger partial charge in [-0.3, -0.25) is 0 Å². The molecule has 0 aliphatic rings. The van der Waals surface area contributed by atoms with Crippen molar-refractivity contribution in [3.05, 3.63) is 41.5 Å². The van der Waals surface area contributed by atoms with E-state index in [-0.39, 0.29) is 0 Å². The monoisotopic (exact) mass is 288 g/mol. The average Bonchev–Trinajstić information content (AvgIpc) is 2.50. The first-order valence-electron chi connectivity index (χ1n) is 8.15. The average molecular weight is 288 g/mol. The van der Waals surface area contributed by atoms with E-state index in [4.69, 9.17) is 0 Å². The van der Waals surface area contributed by atoms with Gasteiger partial charge in [0.25, 0.3) is 0 Å². The third kappa shape index (κ3) is 6.61. The van der Waals surface area contributed by atoms with Crippen LogP contribution in [0.25, 0.3) is 5.57 Å². The van der Waals surface area contributed by atoms with Crippen molar-refractivity contribution in [3.63, 3.8) is 0 Å². The van der Waals surface area contributed by atoms with Crippen molar-refractivity contribution in [2.24, 2.45) is 0 Å². The first-order valence-corrected chi connectivity index (χ1v) is 8.15. The van der Waals surface area contributed by atoms with E-state index >= 15 is 0 Å². The molecule has 0 atom stereocenters. The Labute approximate surface area is 128 Å². The highest BCUT2D eigenvalue weighted by atomic mass is 16.4. The molecule has 0 saturated carbocycles. The van der Waals surface area contributed by atoms with Gasteiger partial charge >= 0.3 is 5.97 Å². The third-order valence-electron chi connectivity index (χ3n) is 3.93. The Kier molecular flexibility index (Phi) is 8.49. The zero-order valence-electron chi connectivity index (χ0n) is 13.4. The lowest BCUT2D eigenvalue weighted by atomic mass is 9.95. The third-order valence-corrected chi connectivity index (χ3v) is 3.93. The van der Waals surface area contributed by atoms with Gasteiger partial charge in [-0.15, -0.1) is 0 Å². The molecule has 1 N–H and O–H groups in total. The number of carboxylic acid groups (broad SMARTS) is 1. The van der Waals surface area contributed by atoms with Gasteiger partial charge in [0.15, 0.2) is 0 Å². The van der Waals surface area contributed by atoms with E-state index < -0.39 is 5.97 Å². The molecule has 0 aliphatic carbocycles. The molecule has 1 rings (SSSR count). The highest BCUT2D eigenvalue weighted by Crippen LogP contribution is 2.25. The normalized spacial score (nSPS) is 12.1. The van der Waals surface area contributed by atoms with Gasteiger partial charge in [0.2, 0.25) is 0 Å². The van der Waals surface area contributed by atoms with Gasteiger partial charge in [-0.1, -0.05) is 75.8 Å². The number of carboxylic acids is 1. The fourth-order valence-corrected chi connectivity index (χ4v) is 2.58. The van der Waals surface area contributed by atoms with Crippen LogP contribution >= 0.6 is 0 Å². The van der Waals surface area contributed by atoms with E-state index in [9.17, 15) is 9.90 Å². The number of allylic oxidation sites excluding steroid dienone is 1. The van der Waals surface area contributed by atoms with Crippen LogP contribution in [-0.4, -0.2) is 11.1 Å². The number of hydrogen-bond acceptors (Lipinski definition) is 1. The zero-order chi connectivity index (χ0) is 15.5. The topological polar surface area (TPSA) is 37.3 Å². The molecule has 0 saturated heterocycles. The largest absolute Gasteiger partial charge is 0.478 e. The number of benzene rings is 1. The molecular weight excluding hydrogens is 260 g/mol. The van der Waals surface area contributed by atoms with Crippen LogP contribution in [0, 0.1) is 0 Å². The smallest absolute Gasteiger partial charge is 0.331 e. The Morgan fingerprint density at radius 3 is 2.10 bits per heavy atom. The number of carbonyl (C=O) groups is 1. The van der Waals surface area contributed by atoms with Crippen molar-refractivity contribution in [1.82, 2.24) is 0 Å². The summed E-state index contributed by atoms with van der Waals surface area (Å²) in [6.07, 6.45) is 9.60. The summed E-state index contributed by atoms with van der Waals surface area (Å²) in [5.41, 5.74) is 2.51. The van der Waals surface area contributed by atoms with E-state index in [0.29, 0.717) is 5.57 Å². The highest BCUT2D eigenvalue weighted by Gasteiger charge is 2.11. The quantitative estimate of drug-likeness (QED) is 0.444. The van der Waals surface area contributed by atoms with Crippen LogP contribution in [0.5, 0.6) is 0 Å². The Bertz CT molecular complexity index is 446. The highest BCUT2D eigenvalue weighted by molar-refractivity contribution is 5.95. The predicted molar refractivity (Wildman–Crippen MR) is 89.3 cm³/mol. The number of aliphatic carboxylic acids is 1. The molecule has 0 amide bonds. The molecule has 21 heavy (non-hydrogen) atoms. The zero-order valence-corrected chi connectivity index (χ0v) is 13.4. The van der Waals surface area contributed by atoms with Crippen molar-refractivity contribution in [1.29, 1.82) is 0 Å². The minimum absolute atomic E-state index is 0.479. The maximum absolute atomic E-state index is 11.3. The first-order chi connectivity index (χ1) is 10.2. The summed E-state index contributed by atoms with van der Waals surface area (Å²) in [6.45, 7) is 3.94. The summed E-state index contributed by atoms with van der Waals surface area (Å²) in [5, 5.41) is 9.26. The summed E-state index contributed by atoms with van der Waals surface area (Å²) in [4.78, 5) is 11.3. The van der Waals surface area contributed by atoms with Gasteiger partial charge in [0.1, 0.15) is 0 Å². The SMILES string of the molecule is CCCCCCCCC/C(=C(/C)C(=O)O)c1ccccc1. The van der Waals surface area contributed by atoms with Crippen molar-refractivity contribution >= 4 is 11.5 Å². The lowest BCUT2D eigenvalue weighted by molar-refractivity contribution is -0.132. The molecular formula is C19H28O2. The van der Waals surface area contributed by atoms with Crippen LogP contribution in [0.15, 0.2) is 35.9 Å². The molecule has 0 aliphatic heterocycles. The van der Waals surface area contributed by atoms with E-state index in [2.05, 4.69) is 6.92 Å². The molecule has 116 valence electrons. The van der Waals surface area contributed by atoms with Gasteiger partial charge in [-0.05, 0) is 30.9 Å². The second kappa shape index (κ2) is 10.2. The number of hydrogen-bond donors (Lipinski definition) is 1. The summed E-state index contributed by atoms with van der Waals surface area (Å²) >= 11 is 0. The molecule has 0 heterocycles. The minimum atomic E-state index is -0.809. The summed E-state index contributed by atoms with van der Waals surface area (Å²) < 4.78 is 0. The number of unbranched alkanes of at least 4 members (excludes halogenated alkanes) is 6. The molecule has 0 radical (unpaired) electrons. The fraction of sp³-hybridized carbons (Fsp3) is 0.526. The van der Waals surface area contributed by atoms with Crippen LogP contribution in [-0.2, 0) is 4.79 Å². The van der Waals surface area contributed by atoms with Gasteiger partial charge in [-0.2, -0.15) is 0 Å². The maximum Gasteiger partial charge on any atom is 0.331 e. The van der Waals surface area contributed by atoms with Crippen LogP contribution in [0.2, 0.25) is 0 Å². The summed E-state index contributed by atoms with van der Waals surface area (Å²) in [6, 6.07) is 9.90. The molecule has 0 aromatic heterocycles. The van der Waals surface area contributed by atoms with E-state index in [1.165, 1.54) is 38.5 Å². The Hall–Kier alpha value is -1.57. The van der Waals surface area contributed by atoms with Crippen LogP contribution in [0.3, 0.4) is 0 Å². The summed E-state index contributed by atoms with van der Waals surface area (Å²) in [5.74, 6) is -0.809. The second-order valence-corrected chi connectivity index (χ2v) is 5.65. The molecule has 1 aromatic carbocycles. The Morgan fingerprint density at radius 2 is 1.52 bits per heavy atom. The fourth-order valence-electron chi connectivity index (χ4n) is 2.58. The van der Waals surface area contributed by atoms with Crippen LogP contribution < -0.4 is 0 Å². The molecule has 2 nitrogen and oxygen atoms in total. The molecule has 0 bridgehead atoms. The van der Waals surface area contributed by atoms with Crippen molar-refractivity contribution in [2.75, 3.05) is 0 Å². The maximum atomic E-state index is 11.3. The van der Waals surface area contributed by atoms with E-state index in [1.54, 1.807) is 6.92 Å². The molecule has 0 spiro atoms. The minimum Gasteiger partial charge on any atom is -0.478 e. The van der Waals surface area contributed by atoms with Gasteiger partial charge in [0.05, 0.1) is 0 Å². The Balaban J connectivity index is 2.53. The van der Waals surface area contributed by atoms with Gasteiger partial charge in [0, 0.05) is 5.57 Å². The van der Waals surface area contributed by atoms with Gasteiger partial charge in [-0.25, -0.2) is 4.79 Å². The standard InChI is InChI=1S/C19H28O2/c1-3-4-5-6-7-8-12-15-18(16(2)19(20)21)17-13-10-9-11-14-17/h9-11,13-14H,3-8,12,15H2,1-2H3,(H,20,21)/b18-16+. The number of rotatable bonds is 10. The van der Waals surface area contributed by atoms with E-state index in [0.717, 1.165) is 24.0 Å².